The summed E-state index contributed by atoms with van der Waals surface area (Å²) in [6.45, 7) is 2.55. The maximum atomic E-state index is 12.7. The molecule has 1 N–H and O–H groups in total. The molecule has 132 valence electrons. The molecule has 1 aliphatic heterocycles. The highest BCUT2D eigenvalue weighted by molar-refractivity contribution is 7.91. The number of nitrogens with zero attached hydrogens (tertiary/aromatic N) is 1. The Balaban J connectivity index is 2.13. The highest BCUT2D eigenvalue weighted by Crippen LogP contribution is 2.20. The Morgan fingerprint density at radius 1 is 1.33 bits per heavy atom. The van der Waals surface area contributed by atoms with E-state index in [2.05, 4.69) is 0 Å². The van der Waals surface area contributed by atoms with Crippen LogP contribution in [0.5, 0.6) is 0 Å². The van der Waals surface area contributed by atoms with Gasteiger partial charge in [-0.2, -0.15) is 0 Å². The minimum atomic E-state index is -3.06. The second kappa shape index (κ2) is 7.79. The number of unbranched alkanes of at least 4 members (excludes halogenated alkanes) is 1. The van der Waals surface area contributed by atoms with Crippen molar-refractivity contribution < 1.29 is 23.1 Å². The molecule has 1 aromatic rings. The van der Waals surface area contributed by atoms with Crippen molar-refractivity contribution in [2.75, 3.05) is 18.1 Å². The lowest BCUT2D eigenvalue weighted by atomic mass is 10.1. The smallest absolute Gasteiger partial charge is 0.335 e. The van der Waals surface area contributed by atoms with E-state index in [4.69, 9.17) is 5.11 Å². The van der Waals surface area contributed by atoms with Crippen LogP contribution in [0.3, 0.4) is 0 Å². The lowest BCUT2D eigenvalue weighted by Gasteiger charge is -2.28. The maximum Gasteiger partial charge on any atom is 0.335 e. The van der Waals surface area contributed by atoms with Crippen molar-refractivity contribution in [3.63, 3.8) is 0 Å². The topological polar surface area (TPSA) is 91.8 Å². The van der Waals surface area contributed by atoms with E-state index in [9.17, 15) is 18.0 Å². The van der Waals surface area contributed by atoms with Crippen molar-refractivity contribution in [2.45, 2.75) is 38.6 Å². The van der Waals surface area contributed by atoms with Crippen LogP contribution >= 0.6 is 0 Å². The van der Waals surface area contributed by atoms with Crippen LogP contribution in [0.4, 0.5) is 0 Å². The Morgan fingerprint density at radius 3 is 2.67 bits per heavy atom. The van der Waals surface area contributed by atoms with Crippen molar-refractivity contribution in [3.05, 3.63) is 35.4 Å². The molecule has 1 atom stereocenters. The van der Waals surface area contributed by atoms with Crippen molar-refractivity contribution in [1.82, 2.24) is 4.90 Å². The van der Waals surface area contributed by atoms with Gasteiger partial charge in [0.25, 0.3) is 0 Å². The monoisotopic (exact) mass is 353 g/mol. The second-order valence-electron chi connectivity index (χ2n) is 6.18. The van der Waals surface area contributed by atoms with E-state index < -0.39 is 15.8 Å². The molecule has 0 bridgehead atoms. The van der Waals surface area contributed by atoms with Gasteiger partial charge >= 0.3 is 5.97 Å². The first-order valence-electron chi connectivity index (χ1n) is 8.14. The summed E-state index contributed by atoms with van der Waals surface area (Å²) in [6.07, 6.45) is 2.30. The minimum Gasteiger partial charge on any atom is -0.478 e. The average Bonchev–Trinajstić information content (AvgIpc) is 2.87. The molecule has 1 amide bonds. The maximum absolute atomic E-state index is 12.7. The van der Waals surface area contributed by atoms with Crippen LogP contribution < -0.4 is 0 Å². The molecule has 1 heterocycles. The standard InChI is InChI=1S/C17H23NO5S/c1-2-3-8-18(15-7-9-24(22,23)12-15)16(19)11-13-5-4-6-14(10-13)17(20)21/h4-6,10,15H,2-3,7-9,11-12H2,1H3,(H,20,21). The van der Waals surface area contributed by atoms with Gasteiger partial charge in [0.1, 0.15) is 0 Å². The molecule has 6 nitrogen and oxygen atoms in total. The van der Waals surface area contributed by atoms with Gasteiger partial charge in [0.05, 0.1) is 23.5 Å². The number of carbonyl (C=O) groups excluding carboxylic acids is 1. The molecule has 0 saturated carbocycles. The van der Waals surface area contributed by atoms with Gasteiger partial charge in [-0.1, -0.05) is 25.5 Å². The van der Waals surface area contributed by atoms with Crippen molar-refractivity contribution in [2.24, 2.45) is 0 Å². The lowest BCUT2D eigenvalue weighted by Crippen LogP contribution is -2.42. The minimum absolute atomic E-state index is 0.0254. The van der Waals surface area contributed by atoms with Crippen LogP contribution in [-0.4, -0.2) is 54.4 Å². The zero-order valence-electron chi connectivity index (χ0n) is 13.8. The van der Waals surface area contributed by atoms with Gasteiger partial charge in [-0.3, -0.25) is 4.79 Å². The summed E-state index contributed by atoms with van der Waals surface area (Å²) in [5, 5.41) is 9.04. The summed E-state index contributed by atoms with van der Waals surface area (Å²) < 4.78 is 23.4. The Hall–Kier alpha value is -1.89. The number of rotatable bonds is 7. The molecule has 1 unspecified atom stereocenters. The molecular formula is C17H23NO5S. The third-order valence-electron chi connectivity index (χ3n) is 4.25. The van der Waals surface area contributed by atoms with E-state index in [-0.39, 0.29) is 35.4 Å². The number of hydrogen-bond donors (Lipinski definition) is 1. The molecule has 0 radical (unpaired) electrons. The van der Waals surface area contributed by atoms with Gasteiger partial charge in [0.15, 0.2) is 9.84 Å². The predicted molar refractivity (Wildman–Crippen MR) is 90.8 cm³/mol. The fraction of sp³-hybridized carbons (Fsp3) is 0.529. The number of hydrogen-bond acceptors (Lipinski definition) is 4. The fourth-order valence-electron chi connectivity index (χ4n) is 2.95. The number of carboxylic acid groups (broad SMARTS) is 1. The highest BCUT2D eigenvalue weighted by Gasteiger charge is 2.34. The predicted octanol–water partition coefficient (Wildman–Crippen LogP) is 1.74. The molecule has 24 heavy (non-hydrogen) atoms. The van der Waals surface area contributed by atoms with Gasteiger partial charge in [0, 0.05) is 12.6 Å². The number of amides is 1. The highest BCUT2D eigenvalue weighted by atomic mass is 32.2. The summed E-state index contributed by atoms with van der Waals surface area (Å²) in [5.74, 6) is -1.03. The summed E-state index contributed by atoms with van der Waals surface area (Å²) in [7, 11) is -3.06. The van der Waals surface area contributed by atoms with E-state index in [1.165, 1.54) is 12.1 Å². The summed E-state index contributed by atoms with van der Waals surface area (Å²) in [6, 6.07) is 6.03. The molecule has 0 aliphatic carbocycles. The zero-order chi connectivity index (χ0) is 17.7. The number of aromatic carboxylic acids is 1. The van der Waals surface area contributed by atoms with E-state index in [0.717, 1.165) is 12.8 Å². The lowest BCUT2D eigenvalue weighted by molar-refractivity contribution is -0.132. The molecule has 7 heteroatoms. The number of carboxylic acids is 1. The zero-order valence-corrected chi connectivity index (χ0v) is 14.6. The first-order valence-corrected chi connectivity index (χ1v) is 9.96. The van der Waals surface area contributed by atoms with Gasteiger partial charge in [-0.15, -0.1) is 0 Å². The third-order valence-corrected chi connectivity index (χ3v) is 6.00. The van der Waals surface area contributed by atoms with Crippen molar-refractivity contribution in [3.8, 4) is 0 Å². The van der Waals surface area contributed by atoms with Gasteiger partial charge < -0.3 is 10.0 Å². The number of carbonyl (C=O) groups is 2. The van der Waals surface area contributed by atoms with Crippen LogP contribution in [0.1, 0.15) is 42.1 Å². The normalized spacial score (nSPS) is 19.1. The Bertz CT molecular complexity index is 713. The summed E-state index contributed by atoms with van der Waals surface area (Å²) >= 11 is 0. The SMILES string of the molecule is CCCCN(C(=O)Cc1cccc(C(=O)O)c1)C1CCS(=O)(=O)C1. The Morgan fingerprint density at radius 2 is 2.08 bits per heavy atom. The summed E-state index contributed by atoms with van der Waals surface area (Å²) in [5.41, 5.74) is 0.770. The Kier molecular flexibility index (Phi) is 5.99. The molecular weight excluding hydrogens is 330 g/mol. The fourth-order valence-corrected chi connectivity index (χ4v) is 4.68. The molecule has 0 spiro atoms. The number of benzene rings is 1. The first kappa shape index (κ1) is 18.4. The molecule has 1 aliphatic rings. The van der Waals surface area contributed by atoms with E-state index >= 15 is 0 Å². The average molecular weight is 353 g/mol. The molecule has 1 aromatic carbocycles. The van der Waals surface area contributed by atoms with E-state index in [1.54, 1.807) is 17.0 Å². The van der Waals surface area contributed by atoms with Crippen LogP contribution in [0.15, 0.2) is 24.3 Å². The third kappa shape index (κ3) is 4.80. The van der Waals surface area contributed by atoms with Crippen LogP contribution in [0.25, 0.3) is 0 Å². The largest absolute Gasteiger partial charge is 0.478 e. The Labute approximate surface area is 142 Å². The van der Waals surface area contributed by atoms with Crippen LogP contribution in [-0.2, 0) is 21.1 Å². The molecule has 2 rings (SSSR count). The van der Waals surface area contributed by atoms with Gasteiger partial charge in [0.2, 0.25) is 5.91 Å². The van der Waals surface area contributed by atoms with E-state index in [1.807, 2.05) is 6.92 Å². The first-order chi connectivity index (χ1) is 11.3. The molecule has 1 fully saturated rings. The summed E-state index contributed by atoms with van der Waals surface area (Å²) in [4.78, 5) is 25.4. The van der Waals surface area contributed by atoms with Crippen LogP contribution in [0.2, 0.25) is 0 Å². The van der Waals surface area contributed by atoms with Crippen LogP contribution in [0, 0.1) is 0 Å². The molecule has 1 saturated heterocycles. The van der Waals surface area contributed by atoms with E-state index in [0.29, 0.717) is 18.5 Å². The quantitative estimate of drug-likeness (QED) is 0.806. The van der Waals surface area contributed by atoms with Crippen molar-refractivity contribution in [1.29, 1.82) is 0 Å². The van der Waals surface area contributed by atoms with Crippen molar-refractivity contribution >= 4 is 21.7 Å². The van der Waals surface area contributed by atoms with Gasteiger partial charge in [-0.25, -0.2) is 13.2 Å². The molecule has 0 aromatic heterocycles. The number of sulfone groups is 1. The second-order valence-corrected chi connectivity index (χ2v) is 8.41. The van der Waals surface area contributed by atoms with Gasteiger partial charge in [-0.05, 0) is 30.5 Å².